The second kappa shape index (κ2) is 7.51. The fourth-order valence-corrected chi connectivity index (χ4v) is 5.13. The molecule has 2 saturated heterocycles. The highest BCUT2D eigenvalue weighted by Crippen LogP contribution is 2.49. The van der Waals surface area contributed by atoms with Crippen molar-refractivity contribution in [3.63, 3.8) is 0 Å². The summed E-state index contributed by atoms with van der Waals surface area (Å²) in [6.45, 7) is 4.68. The molecule has 0 radical (unpaired) electrons. The Morgan fingerprint density at radius 2 is 1.79 bits per heavy atom. The van der Waals surface area contributed by atoms with E-state index in [1.54, 1.807) is 0 Å². The third-order valence-electron chi connectivity index (χ3n) is 7.26. The van der Waals surface area contributed by atoms with Gasteiger partial charge in [0.05, 0.1) is 0 Å². The third kappa shape index (κ3) is 3.45. The second-order valence-corrected chi connectivity index (χ2v) is 8.99. The van der Waals surface area contributed by atoms with Gasteiger partial charge in [-0.2, -0.15) is 0 Å². The molecule has 2 amide bonds. The molecular formula is C23H31N3O2. The molecule has 0 aromatic heterocycles. The van der Waals surface area contributed by atoms with Gasteiger partial charge in [-0.05, 0) is 55.7 Å². The van der Waals surface area contributed by atoms with Crippen LogP contribution in [0.3, 0.4) is 0 Å². The van der Waals surface area contributed by atoms with E-state index in [9.17, 15) is 9.59 Å². The van der Waals surface area contributed by atoms with E-state index in [2.05, 4.69) is 21.9 Å². The van der Waals surface area contributed by atoms with Crippen LogP contribution in [-0.2, 0) is 9.59 Å². The van der Waals surface area contributed by atoms with Crippen LogP contribution in [0.2, 0.25) is 0 Å². The monoisotopic (exact) mass is 381 g/mol. The molecule has 2 saturated carbocycles. The molecule has 2 aliphatic carbocycles. The molecule has 5 rings (SSSR count). The number of carbonyl (C=O) groups excluding carboxylic acids is 2. The predicted octanol–water partition coefficient (Wildman–Crippen LogP) is 3.00. The normalized spacial score (nSPS) is 28.9. The van der Waals surface area contributed by atoms with Crippen LogP contribution < -0.4 is 4.90 Å². The Hall–Kier alpha value is -1.88. The fraction of sp³-hybridized carbons (Fsp3) is 0.652. The maximum atomic E-state index is 13.0. The number of piperidine rings is 1. The number of benzene rings is 1. The molecule has 5 heteroatoms. The zero-order valence-corrected chi connectivity index (χ0v) is 16.7. The van der Waals surface area contributed by atoms with Gasteiger partial charge >= 0.3 is 0 Å². The summed E-state index contributed by atoms with van der Waals surface area (Å²) in [4.78, 5) is 31.8. The first-order chi connectivity index (χ1) is 13.7. The van der Waals surface area contributed by atoms with E-state index in [0.717, 1.165) is 63.7 Å². The lowest BCUT2D eigenvalue weighted by molar-refractivity contribution is -0.135. The van der Waals surface area contributed by atoms with E-state index in [1.165, 1.54) is 24.8 Å². The Morgan fingerprint density at radius 1 is 0.964 bits per heavy atom. The largest absolute Gasteiger partial charge is 0.340 e. The van der Waals surface area contributed by atoms with Gasteiger partial charge in [0.1, 0.15) is 0 Å². The minimum Gasteiger partial charge on any atom is -0.340 e. The summed E-state index contributed by atoms with van der Waals surface area (Å²) < 4.78 is 0. The molecule has 1 aromatic rings. The van der Waals surface area contributed by atoms with Gasteiger partial charge in [-0.25, -0.2) is 0 Å². The van der Waals surface area contributed by atoms with E-state index < -0.39 is 0 Å². The molecule has 0 N–H and O–H groups in total. The van der Waals surface area contributed by atoms with Crippen molar-refractivity contribution in [3.05, 3.63) is 29.8 Å². The zero-order chi connectivity index (χ0) is 19.1. The van der Waals surface area contributed by atoms with Crippen LogP contribution in [0.1, 0.15) is 56.4 Å². The Bertz CT molecular complexity index is 752. The van der Waals surface area contributed by atoms with E-state index in [4.69, 9.17) is 0 Å². The van der Waals surface area contributed by atoms with Crippen molar-refractivity contribution in [2.24, 2.45) is 5.92 Å². The van der Waals surface area contributed by atoms with Crippen LogP contribution in [0.4, 0.5) is 5.69 Å². The number of carbonyl (C=O) groups is 2. The van der Waals surface area contributed by atoms with Crippen molar-refractivity contribution < 1.29 is 9.59 Å². The molecule has 1 aromatic carbocycles. The van der Waals surface area contributed by atoms with Gasteiger partial charge in [-0.3, -0.25) is 14.5 Å². The second-order valence-electron chi connectivity index (χ2n) is 8.99. The quantitative estimate of drug-likeness (QED) is 0.805. The molecule has 0 bridgehead atoms. The SMILES string of the molecule is O=C(C1CC1c1cccc(N2CCCCC2=O)c1)N1CCN(C2CCC2)CC1. The zero-order valence-electron chi connectivity index (χ0n) is 16.7. The Balaban J connectivity index is 1.19. The number of anilines is 1. The molecule has 2 heterocycles. The summed E-state index contributed by atoms with van der Waals surface area (Å²) in [5, 5.41) is 0. The first-order valence-corrected chi connectivity index (χ1v) is 11.1. The minimum absolute atomic E-state index is 0.141. The molecule has 0 spiro atoms. The average Bonchev–Trinajstić information content (AvgIpc) is 3.48. The highest BCUT2D eigenvalue weighted by Gasteiger charge is 2.46. The third-order valence-corrected chi connectivity index (χ3v) is 7.26. The molecule has 5 nitrogen and oxygen atoms in total. The van der Waals surface area contributed by atoms with Gasteiger partial charge in [0, 0.05) is 56.8 Å². The lowest BCUT2D eigenvalue weighted by Crippen LogP contribution is -2.53. The number of amides is 2. The number of nitrogens with zero attached hydrogens (tertiary/aromatic N) is 3. The number of hydrogen-bond donors (Lipinski definition) is 0. The van der Waals surface area contributed by atoms with E-state index in [1.807, 2.05) is 17.0 Å². The van der Waals surface area contributed by atoms with Gasteiger partial charge in [0.15, 0.2) is 0 Å². The number of hydrogen-bond acceptors (Lipinski definition) is 3. The first-order valence-electron chi connectivity index (χ1n) is 11.1. The first kappa shape index (κ1) is 18.2. The summed E-state index contributed by atoms with van der Waals surface area (Å²) in [5.41, 5.74) is 2.23. The van der Waals surface area contributed by atoms with Gasteiger partial charge < -0.3 is 9.80 Å². The molecule has 4 aliphatic rings. The summed E-state index contributed by atoms with van der Waals surface area (Å²) >= 11 is 0. The molecule has 150 valence electrons. The molecule has 2 atom stereocenters. The van der Waals surface area contributed by atoms with E-state index in [0.29, 0.717) is 18.2 Å². The van der Waals surface area contributed by atoms with Gasteiger partial charge in [0.25, 0.3) is 0 Å². The van der Waals surface area contributed by atoms with Crippen molar-refractivity contribution in [1.82, 2.24) is 9.80 Å². The average molecular weight is 382 g/mol. The Kier molecular flexibility index (Phi) is 4.87. The highest BCUT2D eigenvalue weighted by molar-refractivity contribution is 5.94. The maximum absolute atomic E-state index is 13.0. The van der Waals surface area contributed by atoms with Crippen molar-refractivity contribution >= 4 is 17.5 Å². The number of rotatable bonds is 4. The molecule has 4 fully saturated rings. The smallest absolute Gasteiger partial charge is 0.226 e. The summed E-state index contributed by atoms with van der Waals surface area (Å²) in [6.07, 6.45) is 7.74. The van der Waals surface area contributed by atoms with Gasteiger partial charge in [-0.1, -0.05) is 18.6 Å². The lowest BCUT2D eigenvalue weighted by atomic mass is 9.91. The maximum Gasteiger partial charge on any atom is 0.226 e. The summed E-state index contributed by atoms with van der Waals surface area (Å²) in [6, 6.07) is 9.14. The van der Waals surface area contributed by atoms with E-state index in [-0.39, 0.29) is 11.8 Å². The minimum atomic E-state index is 0.141. The van der Waals surface area contributed by atoms with E-state index >= 15 is 0 Å². The van der Waals surface area contributed by atoms with Gasteiger partial charge in [0.2, 0.25) is 11.8 Å². The summed E-state index contributed by atoms with van der Waals surface area (Å²) in [5.74, 6) is 1.05. The van der Waals surface area contributed by atoms with Crippen LogP contribution >= 0.6 is 0 Å². The molecule has 28 heavy (non-hydrogen) atoms. The highest BCUT2D eigenvalue weighted by atomic mass is 16.2. The van der Waals surface area contributed by atoms with Crippen molar-refractivity contribution in [1.29, 1.82) is 0 Å². The molecule has 2 unspecified atom stereocenters. The van der Waals surface area contributed by atoms with Gasteiger partial charge in [-0.15, -0.1) is 0 Å². The van der Waals surface area contributed by atoms with Crippen molar-refractivity contribution in [2.75, 3.05) is 37.6 Å². The summed E-state index contributed by atoms with van der Waals surface area (Å²) in [7, 11) is 0. The van der Waals surface area contributed by atoms with Crippen LogP contribution in [0.5, 0.6) is 0 Å². The van der Waals surface area contributed by atoms with Crippen LogP contribution in [0, 0.1) is 5.92 Å². The van der Waals surface area contributed by atoms with Crippen LogP contribution in [-0.4, -0.2) is 60.4 Å². The van der Waals surface area contributed by atoms with Crippen molar-refractivity contribution in [3.8, 4) is 0 Å². The fourth-order valence-electron chi connectivity index (χ4n) is 5.13. The molecule has 2 aliphatic heterocycles. The van der Waals surface area contributed by atoms with Crippen molar-refractivity contribution in [2.45, 2.75) is 56.9 Å². The predicted molar refractivity (Wildman–Crippen MR) is 109 cm³/mol. The molecular weight excluding hydrogens is 350 g/mol. The van der Waals surface area contributed by atoms with Crippen LogP contribution in [0.25, 0.3) is 0 Å². The van der Waals surface area contributed by atoms with Crippen LogP contribution in [0.15, 0.2) is 24.3 Å². The number of piperazine rings is 1. The lowest BCUT2D eigenvalue weighted by Gasteiger charge is -2.43. The Morgan fingerprint density at radius 3 is 2.50 bits per heavy atom. The standard InChI is InChI=1S/C23H31N3O2/c27-22-9-1-2-10-26(22)19-8-3-5-17(15-19)20-16-21(20)23(28)25-13-11-24(12-14-25)18-6-4-7-18/h3,5,8,15,18,20-21H,1-2,4,6-7,9-14,16H2. The topological polar surface area (TPSA) is 43.9 Å². The Labute approximate surface area is 167 Å².